The van der Waals surface area contributed by atoms with E-state index in [9.17, 15) is 9.59 Å². The number of halogens is 1. The van der Waals surface area contributed by atoms with Crippen molar-refractivity contribution in [3.05, 3.63) is 58.7 Å². The summed E-state index contributed by atoms with van der Waals surface area (Å²) in [5.74, 6) is 0.569. The third-order valence-electron chi connectivity index (χ3n) is 5.60. The molecule has 28 heavy (non-hydrogen) atoms. The van der Waals surface area contributed by atoms with Gasteiger partial charge in [0.05, 0.1) is 5.02 Å². The lowest BCUT2D eigenvalue weighted by Gasteiger charge is -2.24. The van der Waals surface area contributed by atoms with Crippen molar-refractivity contribution in [2.45, 2.75) is 44.9 Å². The van der Waals surface area contributed by atoms with Gasteiger partial charge in [-0.25, -0.2) is 9.59 Å². The Morgan fingerprint density at radius 1 is 0.964 bits per heavy atom. The van der Waals surface area contributed by atoms with Gasteiger partial charge in [-0.1, -0.05) is 36.9 Å². The summed E-state index contributed by atoms with van der Waals surface area (Å²) in [6, 6.07) is 5.38. The summed E-state index contributed by atoms with van der Waals surface area (Å²) in [5.41, 5.74) is 2.54. The van der Waals surface area contributed by atoms with Crippen LogP contribution in [0, 0.1) is 0 Å². The fourth-order valence-corrected chi connectivity index (χ4v) is 4.62. The molecule has 0 aromatic heterocycles. The molecule has 0 amide bonds. The molecule has 2 bridgehead atoms. The quantitative estimate of drug-likeness (QED) is 0.371. The first-order valence-corrected chi connectivity index (χ1v) is 9.70. The average molecular weight is 397 g/mol. The maximum Gasteiger partial charge on any atom is 0.338 e. The number of carbonyl (C=O) groups is 2. The van der Waals surface area contributed by atoms with Gasteiger partial charge < -0.3 is 9.47 Å². The summed E-state index contributed by atoms with van der Waals surface area (Å²) in [6.07, 6.45) is 2.99. The molecule has 4 nitrogen and oxygen atoms in total. The third kappa shape index (κ3) is 2.83. The second-order valence-corrected chi connectivity index (χ2v) is 8.10. The summed E-state index contributed by atoms with van der Waals surface area (Å²) in [5, 5.41) is 1.70. The van der Waals surface area contributed by atoms with Crippen molar-refractivity contribution in [2.75, 3.05) is 0 Å². The number of benzene rings is 2. The molecule has 0 spiro atoms. The van der Waals surface area contributed by atoms with E-state index in [0.29, 0.717) is 38.4 Å². The first-order chi connectivity index (χ1) is 13.3. The highest BCUT2D eigenvalue weighted by Crippen LogP contribution is 2.61. The molecule has 2 aromatic rings. The molecule has 2 atom stereocenters. The molecule has 5 heteroatoms. The first kappa shape index (κ1) is 18.8. The summed E-state index contributed by atoms with van der Waals surface area (Å²) in [7, 11) is 0. The Kier molecular flexibility index (Phi) is 4.54. The van der Waals surface area contributed by atoms with Crippen molar-refractivity contribution < 1.29 is 19.1 Å². The smallest absolute Gasteiger partial charge is 0.338 e. The molecule has 0 N–H and O–H groups in total. The van der Waals surface area contributed by atoms with Crippen LogP contribution >= 0.6 is 11.6 Å². The standard InChI is InChI=1S/C23H21ClO4/c1-11(2)22(25)27-20-15-6-5-7-16(24)19(15)21(28-23(26)12(3)4)18-14-9-8-13(10-14)17(18)20/h5-7,13-14H,1,3,8-10H2,2,4H3. The number of rotatable bonds is 4. The Morgan fingerprint density at radius 2 is 1.50 bits per heavy atom. The van der Waals surface area contributed by atoms with Gasteiger partial charge in [0.25, 0.3) is 0 Å². The number of carbonyl (C=O) groups excluding carboxylic acids is 2. The summed E-state index contributed by atoms with van der Waals surface area (Å²) in [4.78, 5) is 24.7. The van der Waals surface area contributed by atoms with Crippen molar-refractivity contribution in [3.63, 3.8) is 0 Å². The lowest BCUT2D eigenvalue weighted by Crippen LogP contribution is -2.15. The van der Waals surface area contributed by atoms with Crippen LogP contribution < -0.4 is 9.47 Å². The monoisotopic (exact) mass is 396 g/mol. The molecule has 2 aliphatic carbocycles. The highest BCUT2D eigenvalue weighted by molar-refractivity contribution is 6.36. The molecule has 1 saturated carbocycles. The van der Waals surface area contributed by atoms with Crippen molar-refractivity contribution in [1.82, 2.24) is 0 Å². The van der Waals surface area contributed by atoms with Crippen LogP contribution in [0.5, 0.6) is 11.5 Å². The number of fused-ring (bicyclic) bond motifs is 6. The molecule has 2 unspecified atom stereocenters. The normalized spacial score (nSPS) is 19.4. The van der Waals surface area contributed by atoms with E-state index in [2.05, 4.69) is 13.2 Å². The predicted molar refractivity (Wildman–Crippen MR) is 109 cm³/mol. The van der Waals surface area contributed by atoms with E-state index in [1.165, 1.54) is 0 Å². The van der Waals surface area contributed by atoms with Crippen LogP contribution in [0.3, 0.4) is 0 Å². The number of ether oxygens (including phenoxy) is 2. The van der Waals surface area contributed by atoms with Gasteiger partial charge in [0, 0.05) is 33.0 Å². The molecule has 0 saturated heterocycles. The van der Waals surface area contributed by atoms with E-state index in [4.69, 9.17) is 21.1 Å². The average Bonchev–Trinajstić information content (AvgIpc) is 3.25. The Morgan fingerprint density at radius 3 is 2.07 bits per heavy atom. The molecule has 1 fully saturated rings. The molecule has 4 rings (SSSR count). The van der Waals surface area contributed by atoms with Crippen molar-refractivity contribution in [3.8, 4) is 11.5 Å². The van der Waals surface area contributed by atoms with Crippen LogP contribution in [0.1, 0.15) is 56.1 Å². The maximum absolute atomic E-state index is 12.4. The van der Waals surface area contributed by atoms with Gasteiger partial charge in [-0.3, -0.25) is 0 Å². The van der Waals surface area contributed by atoms with Gasteiger partial charge in [0.15, 0.2) is 0 Å². The zero-order valence-corrected chi connectivity index (χ0v) is 16.7. The van der Waals surface area contributed by atoms with Crippen molar-refractivity contribution >= 4 is 34.3 Å². The van der Waals surface area contributed by atoms with Gasteiger partial charge in [0.1, 0.15) is 11.5 Å². The Hall–Kier alpha value is -2.59. The highest BCUT2D eigenvalue weighted by Gasteiger charge is 2.43. The third-order valence-corrected chi connectivity index (χ3v) is 5.92. The van der Waals surface area contributed by atoms with Crippen LogP contribution in [0.15, 0.2) is 42.5 Å². The molecule has 144 valence electrons. The topological polar surface area (TPSA) is 52.6 Å². The zero-order valence-electron chi connectivity index (χ0n) is 15.9. The van der Waals surface area contributed by atoms with Crippen LogP contribution in [-0.2, 0) is 9.59 Å². The number of esters is 2. The van der Waals surface area contributed by atoms with Gasteiger partial charge in [-0.05, 0) is 51.0 Å². The van der Waals surface area contributed by atoms with E-state index < -0.39 is 11.9 Å². The Labute approximate surface area is 168 Å². The first-order valence-electron chi connectivity index (χ1n) is 9.33. The van der Waals surface area contributed by atoms with Crippen LogP contribution in [-0.4, -0.2) is 11.9 Å². The van der Waals surface area contributed by atoms with Crippen LogP contribution in [0.4, 0.5) is 0 Å². The minimum atomic E-state index is -0.488. The van der Waals surface area contributed by atoms with Crippen molar-refractivity contribution in [1.29, 1.82) is 0 Å². The predicted octanol–water partition coefficient (Wildman–Crippen LogP) is 5.82. The van der Waals surface area contributed by atoms with Gasteiger partial charge in [-0.15, -0.1) is 0 Å². The minimum absolute atomic E-state index is 0.260. The van der Waals surface area contributed by atoms with E-state index in [0.717, 1.165) is 30.4 Å². The molecule has 2 aromatic carbocycles. The molecular weight excluding hydrogens is 376 g/mol. The largest absolute Gasteiger partial charge is 0.422 e. The fraction of sp³-hybridized carbons (Fsp3) is 0.304. The Bertz CT molecular complexity index is 1070. The van der Waals surface area contributed by atoms with E-state index in [-0.39, 0.29) is 11.8 Å². The minimum Gasteiger partial charge on any atom is -0.422 e. The summed E-state index contributed by atoms with van der Waals surface area (Å²) in [6.45, 7) is 10.6. The highest BCUT2D eigenvalue weighted by atomic mass is 35.5. The van der Waals surface area contributed by atoms with Crippen LogP contribution in [0.2, 0.25) is 5.02 Å². The number of hydrogen-bond acceptors (Lipinski definition) is 4. The van der Waals surface area contributed by atoms with Crippen molar-refractivity contribution in [2.24, 2.45) is 0 Å². The van der Waals surface area contributed by atoms with Gasteiger partial charge in [-0.2, -0.15) is 0 Å². The molecule has 0 aliphatic heterocycles. The van der Waals surface area contributed by atoms with Crippen LogP contribution in [0.25, 0.3) is 10.8 Å². The van der Waals surface area contributed by atoms with Gasteiger partial charge in [0.2, 0.25) is 0 Å². The molecule has 2 aliphatic rings. The van der Waals surface area contributed by atoms with Gasteiger partial charge >= 0.3 is 11.9 Å². The Balaban J connectivity index is 2.04. The van der Waals surface area contributed by atoms with E-state index in [1.807, 2.05) is 6.07 Å². The SMILES string of the molecule is C=C(C)C(=O)Oc1c2c(c(OC(=O)C(=C)C)c3c(Cl)cccc13)C1CCC2C1. The fourth-order valence-electron chi connectivity index (χ4n) is 4.36. The second kappa shape index (κ2) is 6.78. The van der Waals surface area contributed by atoms with E-state index >= 15 is 0 Å². The summed E-state index contributed by atoms with van der Waals surface area (Å²) < 4.78 is 11.6. The molecular formula is C23H21ClO4. The zero-order chi connectivity index (χ0) is 20.2. The molecule has 0 radical (unpaired) electrons. The maximum atomic E-state index is 12.4. The second-order valence-electron chi connectivity index (χ2n) is 7.69. The number of hydrogen-bond donors (Lipinski definition) is 0. The lowest BCUT2D eigenvalue weighted by atomic mass is 9.87. The van der Waals surface area contributed by atoms with E-state index in [1.54, 1.807) is 26.0 Å². The summed E-state index contributed by atoms with van der Waals surface area (Å²) >= 11 is 6.53. The molecule has 0 heterocycles. The lowest BCUT2D eigenvalue weighted by molar-refractivity contribution is -0.131.